The number of hydrogen-bond acceptors (Lipinski definition) is 6. The molecule has 0 aliphatic heterocycles. The van der Waals surface area contributed by atoms with Gasteiger partial charge in [-0.2, -0.15) is 11.8 Å². The number of rotatable bonds is 14. The van der Waals surface area contributed by atoms with Gasteiger partial charge >= 0.3 is 5.97 Å². The minimum absolute atomic E-state index is 0.00547. The van der Waals surface area contributed by atoms with E-state index in [1.807, 2.05) is 24.3 Å². The van der Waals surface area contributed by atoms with Gasteiger partial charge in [0.2, 0.25) is 0 Å². The molecule has 0 saturated heterocycles. The highest BCUT2D eigenvalue weighted by Gasteiger charge is 2.40. The van der Waals surface area contributed by atoms with Crippen LogP contribution >= 0.6 is 11.8 Å². The maximum Gasteiger partial charge on any atom is 0.303 e. The van der Waals surface area contributed by atoms with Crippen LogP contribution in [0.4, 0.5) is 0 Å². The fourth-order valence-electron chi connectivity index (χ4n) is 4.40. The van der Waals surface area contributed by atoms with Crippen LogP contribution in [0.5, 0.6) is 0 Å². The van der Waals surface area contributed by atoms with E-state index in [1.54, 1.807) is 18.9 Å². The number of hydrogen-bond donors (Lipinski definition) is 4. The fraction of sp³-hybridized carbons (Fsp3) is 0.696. The molecule has 0 aromatic heterocycles. The summed E-state index contributed by atoms with van der Waals surface area (Å²) in [5.41, 5.74) is 2.15. The number of thioether (sulfide) groups is 1. The SMILES string of the molecule is COCc1cccc(C[C@@H](O)CC[C@@H]2[C@@H](CCSCCCC(=O)O)[C@@H](O)C[C@H]2O)c1. The lowest BCUT2D eigenvalue weighted by molar-refractivity contribution is -0.137. The minimum Gasteiger partial charge on any atom is -0.481 e. The fourth-order valence-corrected chi connectivity index (χ4v) is 5.39. The van der Waals surface area contributed by atoms with Crippen molar-refractivity contribution in [3.05, 3.63) is 35.4 Å². The van der Waals surface area contributed by atoms with Crippen molar-refractivity contribution >= 4 is 17.7 Å². The van der Waals surface area contributed by atoms with Crippen molar-refractivity contribution in [3.8, 4) is 0 Å². The van der Waals surface area contributed by atoms with Gasteiger partial charge in [0.15, 0.2) is 0 Å². The van der Waals surface area contributed by atoms with E-state index in [-0.39, 0.29) is 18.3 Å². The minimum atomic E-state index is -0.769. The topological polar surface area (TPSA) is 107 Å². The van der Waals surface area contributed by atoms with E-state index in [4.69, 9.17) is 9.84 Å². The molecule has 1 aromatic carbocycles. The quantitative estimate of drug-likeness (QED) is 0.330. The molecule has 0 spiro atoms. The number of benzene rings is 1. The van der Waals surface area contributed by atoms with Crippen LogP contribution in [0.3, 0.4) is 0 Å². The molecule has 30 heavy (non-hydrogen) atoms. The third-order valence-electron chi connectivity index (χ3n) is 5.90. The highest BCUT2D eigenvalue weighted by molar-refractivity contribution is 7.99. The van der Waals surface area contributed by atoms with Gasteiger partial charge in [-0.15, -0.1) is 0 Å². The summed E-state index contributed by atoms with van der Waals surface area (Å²) in [6, 6.07) is 8.02. The number of carbonyl (C=O) groups is 1. The number of ether oxygens (including phenoxy) is 1. The van der Waals surface area contributed by atoms with Gasteiger partial charge in [0, 0.05) is 13.5 Å². The van der Waals surface area contributed by atoms with Crippen LogP contribution in [0.15, 0.2) is 24.3 Å². The van der Waals surface area contributed by atoms with Gasteiger partial charge in [-0.1, -0.05) is 24.3 Å². The van der Waals surface area contributed by atoms with E-state index in [2.05, 4.69) is 0 Å². The Labute approximate surface area is 183 Å². The molecule has 1 saturated carbocycles. The Morgan fingerprint density at radius 3 is 2.57 bits per heavy atom. The van der Waals surface area contributed by atoms with Crippen molar-refractivity contribution in [2.24, 2.45) is 11.8 Å². The zero-order chi connectivity index (χ0) is 21.9. The second-order valence-electron chi connectivity index (χ2n) is 8.28. The summed E-state index contributed by atoms with van der Waals surface area (Å²) >= 11 is 1.70. The summed E-state index contributed by atoms with van der Waals surface area (Å²) in [5.74, 6) is 0.898. The molecule has 0 amide bonds. The average Bonchev–Trinajstić information content (AvgIpc) is 2.95. The predicted octanol–water partition coefficient (Wildman–Crippen LogP) is 2.86. The highest BCUT2D eigenvalue weighted by atomic mass is 32.2. The molecule has 170 valence electrons. The van der Waals surface area contributed by atoms with Crippen LogP contribution in [-0.4, -0.2) is 63.3 Å². The maximum absolute atomic E-state index is 10.6. The van der Waals surface area contributed by atoms with E-state index in [1.165, 1.54) is 0 Å². The van der Waals surface area contributed by atoms with Crippen molar-refractivity contribution in [1.29, 1.82) is 0 Å². The molecule has 0 unspecified atom stereocenters. The molecule has 0 radical (unpaired) electrons. The Morgan fingerprint density at radius 2 is 1.87 bits per heavy atom. The van der Waals surface area contributed by atoms with Crippen molar-refractivity contribution < 1.29 is 30.0 Å². The number of aliphatic carboxylic acids is 1. The van der Waals surface area contributed by atoms with E-state index in [9.17, 15) is 20.1 Å². The molecular formula is C23H36O6S. The van der Waals surface area contributed by atoms with Crippen molar-refractivity contribution in [3.63, 3.8) is 0 Å². The molecule has 1 aliphatic carbocycles. The summed E-state index contributed by atoms with van der Waals surface area (Å²) in [5, 5.41) is 40.0. The Kier molecular flexibility index (Phi) is 11.2. The zero-order valence-electron chi connectivity index (χ0n) is 17.8. The van der Waals surface area contributed by atoms with E-state index >= 15 is 0 Å². The first-order valence-electron chi connectivity index (χ1n) is 10.8. The van der Waals surface area contributed by atoms with Crippen LogP contribution in [-0.2, 0) is 22.6 Å². The summed E-state index contributed by atoms with van der Waals surface area (Å²) in [6.45, 7) is 0.548. The normalized spacial score (nSPS) is 24.8. The summed E-state index contributed by atoms with van der Waals surface area (Å²) in [7, 11) is 1.66. The lowest BCUT2D eigenvalue weighted by Gasteiger charge is -2.24. The predicted molar refractivity (Wildman–Crippen MR) is 119 cm³/mol. The van der Waals surface area contributed by atoms with E-state index < -0.39 is 24.3 Å². The Morgan fingerprint density at radius 1 is 1.17 bits per heavy atom. The maximum atomic E-state index is 10.6. The zero-order valence-corrected chi connectivity index (χ0v) is 18.6. The Bertz CT molecular complexity index is 640. The monoisotopic (exact) mass is 440 g/mol. The third kappa shape index (κ3) is 8.55. The number of aliphatic hydroxyl groups is 3. The number of aliphatic hydroxyl groups excluding tert-OH is 3. The third-order valence-corrected chi connectivity index (χ3v) is 7.00. The number of carboxylic acid groups (broad SMARTS) is 1. The summed E-state index contributed by atoms with van der Waals surface area (Å²) in [4.78, 5) is 10.6. The van der Waals surface area contributed by atoms with Gasteiger partial charge in [-0.05, 0) is 73.0 Å². The van der Waals surface area contributed by atoms with Crippen LogP contribution in [0.25, 0.3) is 0 Å². The highest BCUT2D eigenvalue weighted by Crippen LogP contribution is 2.39. The second kappa shape index (κ2) is 13.3. The van der Waals surface area contributed by atoms with Gasteiger partial charge in [0.25, 0.3) is 0 Å². The molecule has 4 N–H and O–H groups in total. The molecule has 0 heterocycles. The van der Waals surface area contributed by atoms with Gasteiger partial charge < -0.3 is 25.2 Å². The molecule has 6 nitrogen and oxygen atoms in total. The van der Waals surface area contributed by atoms with Crippen LogP contribution in [0.1, 0.15) is 49.7 Å². The molecule has 1 aromatic rings. The molecule has 0 bridgehead atoms. The Hall–Kier alpha value is -1.12. The van der Waals surface area contributed by atoms with Crippen LogP contribution in [0, 0.1) is 11.8 Å². The van der Waals surface area contributed by atoms with Crippen molar-refractivity contribution in [1.82, 2.24) is 0 Å². The van der Waals surface area contributed by atoms with Gasteiger partial charge in [-0.25, -0.2) is 0 Å². The largest absolute Gasteiger partial charge is 0.481 e. The first-order chi connectivity index (χ1) is 14.4. The number of methoxy groups -OCH3 is 1. The van der Waals surface area contributed by atoms with E-state index in [0.29, 0.717) is 38.7 Å². The smallest absolute Gasteiger partial charge is 0.303 e. The Balaban J connectivity index is 1.77. The standard InChI is InChI=1S/C23H36O6S/c1-29-15-17-5-2-4-16(12-17)13-18(24)7-8-19-20(22(26)14-21(19)25)9-11-30-10-3-6-23(27)28/h2,4-5,12,18-22,24-26H,3,6-11,13-15H2,1H3,(H,27,28)/t18-,19+,20+,21+,22-/m0/s1. The molecule has 1 fully saturated rings. The lowest BCUT2D eigenvalue weighted by atomic mass is 9.86. The van der Waals surface area contributed by atoms with Gasteiger partial charge in [0.05, 0.1) is 24.9 Å². The molecule has 7 heteroatoms. The molecule has 5 atom stereocenters. The van der Waals surface area contributed by atoms with Crippen molar-refractivity contribution in [2.45, 2.75) is 69.9 Å². The van der Waals surface area contributed by atoms with Gasteiger partial charge in [0.1, 0.15) is 0 Å². The van der Waals surface area contributed by atoms with Gasteiger partial charge in [-0.3, -0.25) is 4.79 Å². The molecule has 1 aliphatic rings. The second-order valence-corrected chi connectivity index (χ2v) is 9.51. The number of carboxylic acids is 1. The lowest BCUT2D eigenvalue weighted by Crippen LogP contribution is -2.25. The van der Waals surface area contributed by atoms with Crippen molar-refractivity contribution in [2.75, 3.05) is 18.6 Å². The summed E-state index contributed by atoms with van der Waals surface area (Å²) in [6.07, 6.45) is 2.35. The molecule has 2 rings (SSSR count). The van der Waals surface area contributed by atoms with Crippen LogP contribution < -0.4 is 0 Å². The van der Waals surface area contributed by atoms with Crippen LogP contribution in [0.2, 0.25) is 0 Å². The first-order valence-corrected chi connectivity index (χ1v) is 12.0. The van der Waals surface area contributed by atoms with E-state index in [0.717, 1.165) is 29.1 Å². The summed E-state index contributed by atoms with van der Waals surface area (Å²) < 4.78 is 5.16. The first kappa shape index (κ1) is 25.1. The molecular weight excluding hydrogens is 404 g/mol. The average molecular weight is 441 g/mol.